The fourth-order valence-corrected chi connectivity index (χ4v) is 2.35. The predicted molar refractivity (Wildman–Crippen MR) is 102 cm³/mol. The van der Waals surface area contributed by atoms with Crippen LogP contribution in [0.25, 0.3) is 6.08 Å². The second-order valence-corrected chi connectivity index (χ2v) is 6.06. The van der Waals surface area contributed by atoms with Gasteiger partial charge >= 0.3 is 18.1 Å². The first-order chi connectivity index (χ1) is 14.2. The summed E-state index contributed by atoms with van der Waals surface area (Å²) in [4.78, 5) is 22.8. The minimum absolute atomic E-state index is 0.150. The van der Waals surface area contributed by atoms with Crippen molar-refractivity contribution in [3.8, 4) is 17.2 Å². The van der Waals surface area contributed by atoms with Crippen molar-refractivity contribution in [3.63, 3.8) is 0 Å². The number of halogens is 3. The fourth-order valence-electron chi connectivity index (χ4n) is 2.35. The van der Waals surface area contributed by atoms with Gasteiger partial charge in [0.2, 0.25) is 0 Å². The number of alkyl halides is 3. The van der Waals surface area contributed by atoms with Crippen molar-refractivity contribution in [3.05, 3.63) is 59.7 Å². The molecule has 2 aromatic rings. The molecule has 160 valence electrons. The third kappa shape index (κ3) is 7.50. The van der Waals surface area contributed by atoms with Gasteiger partial charge in [0.15, 0.2) is 11.5 Å². The Kier molecular flexibility index (Phi) is 7.85. The van der Waals surface area contributed by atoms with E-state index in [0.717, 1.165) is 6.08 Å². The second kappa shape index (κ2) is 10.3. The Hall–Kier alpha value is -3.49. The molecule has 0 atom stereocenters. The van der Waals surface area contributed by atoms with Crippen LogP contribution in [0.4, 0.5) is 13.2 Å². The lowest BCUT2D eigenvalue weighted by Crippen LogP contribution is -2.11. The molecule has 9 heteroatoms. The lowest BCUT2D eigenvalue weighted by atomic mass is 10.2. The highest BCUT2D eigenvalue weighted by atomic mass is 19.4. The van der Waals surface area contributed by atoms with Crippen LogP contribution in [-0.2, 0) is 4.79 Å². The van der Waals surface area contributed by atoms with Crippen LogP contribution in [-0.4, -0.2) is 36.9 Å². The lowest BCUT2D eigenvalue weighted by Gasteiger charge is -2.12. The first-order valence-corrected chi connectivity index (χ1v) is 8.79. The van der Waals surface area contributed by atoms with E-state index >= 15 is 0 Å². The Balaban J connectivity index is 1.99. The molecule has 0 saturated heterocycles. The highest BCUT2D eigenvalue weighted by Crippen LogP contribution is 2.29. The van der Waals surface area contributed by atoms with Crippen LogP contribution >= 0.6 is 0 Å². The standard InChI is InChI=1S/C21H19F3O6/c1-28-18-13-15(6-9-17(18)29-12-2-11-21(22,23)24)20(27)30-16-7-3-14(4-8-16)5-10-19(25)26/h3-10,13H,2,11-12H2,1H3,(H,25,26)/b10-5+. The summed E-state index contributed by atoms with van der Waals surface area (Å²) >= 11 is 0. The van der Waals surface area contributed by atoms with Crippen LogP contribution in [0.1, 0.15) is 28.8 Å². The van der Waals surface area contributed by atoms with E-state index in [2.05, 4.69) is 0 Å². The number of ether oxygens (including phenoxy) is 3. The molecule has 0 heterocycles. The van der Waals surface area contributed by atoms with Gasteiger partial charge in [0, 0.05) is 12.5 Å². The van der Waals surface area contributed by atoms with E-state index < -0.39 is 24.5 Å². The summed E-state index contributed by atoms with van der Waals surface area (Å²) in [6, 6.07) is 10.4. The summed E-state index contributed by atoms with van der Waals surface area (Å²) < 4.78 is 52.2. The Morgan fingerprint density at radius 1 is 1.07 bits per heavy atom. The molecule has 0 aromatic heterocycles. The maximum atomic E-state index is 12.3. The third-order valence-electron chi connectivity index (χ3n) is 3.77. The normalized spacial score (nSPS) is 11.3. The molecule has 1 N–H and O–H groups in total. The molecule has 2 aromatic carbocycles. The highest BCUT2D eigenvalue weighted by molar-refractivity contribution is 5.92. The van der Waals surface area contributed by atoms with E-state index in [9.17, 15) is 22.8 Å². The van der Waals surface area contributed by atoms with Gasteiger partial charge in [0.1, 0.15) is 5.75 Å². The van der Waals surface area contributed by atoms with Gasteiger partial charge in [-0.1, -0.05) is 12.1 Å². The van der Waals surface area contributed by atoms with Gasteiger partial charge < -0.3 is 19.3 Å². The maximum Gasteiger partial charge on any atom is 0.389 e. The van der Waals surface area contributed by atoms with Gasteiger partial charge in [-0.25, -0.2) is 9.59 Å². The van der Waals surface area contributed by atoms with Crippen LogP contribution in [0.2, 0.25) is 0 Å². The summed E-state index contributed by atoms with van der Waals surface area (Å²) in [5.41, 5.74) is 0.773. The second-order valence-electron chi connectivity index (χ2n) is 6.06. The van der Waals surface area contributed by atoms with Crippen molar-refractivity contribution in [1.82, 2.24) is 0 Å². The molecule has 0 saturated carbocycles. The molecule has 6 nitrogen and oxygen atoms in total. The molecule has 0 unspecified atom stereocenters. The Morgan fingerprint density at radius 2 is 1.77 bits per heavy atom. The van der Waals surface area contributed by atoms with Crippen molar-refractivity contribution >= 4 is 18.0 Å². The topological polar surface area (TPSA) is 82.1 Å². The average molecular weight is 424 g/mol. The van der Waals surface area contributed by atoms with Gasteiger partial charge in [-0.3, -0.25) is 0 Å². The number of hydrogen-bond acceptors (Lipinski definition) is 5. The van der Waals surface area contributed by atoms with Crippen molar-refractivity contribution in [2.75, 3.05) is 13.7 Å². The average Bonchev–Trinajstić information content (AvgIpc) is 2.70. The molecule has 0 spiro atoms. The molecule has 0 aliphatic rings. The van der Waals surface area contributed by atoms with Crippen molar-refractivity contribution in [1.29, 1.82) is 0 Å². The molecule has 0 radical (unpaired) electrons. The molecular weight excluding hydrogens is 405 g/mol. The van der Waals surface area contributed by atoms with Crippen LogP contribution < -0.4 is 14.2 Å². The summed E-state index contributed by atoms with van der Waals surface area (Å²) in [6.45, 7) is -0.150. The number of rotatable bonds is 9. The van der Waals surface area contributed by atoms with Crippen LogP contribution in [0.15, 0.2) is 48.5 Å². The maximum absolute atomic E-state index is 12.3. The first-order valence-electron chi connectivity index (χ1n) is 8.79. The molecule has 0 aliphatic carbocycles. The molecule has 0 aliphatic heterocycles. The van der Waals surface area contributed by atoms with Crippen molar-refractivity contribution in [2.45, 2.75) is 19.0 Å². The van der Waals surface area contributed by atoms with E-state index in [0.29, 0.717) is 5.56 Å². The number of esters is 1. The SMILES string of the molecule is COc1cc(C(=O)Oc2ccc(/C=C/C(=O)O)cc2)ccc1OCCCC(F)(F)F. The van der Waals surface area contributed by atoms with Gasteiger partial charge in [-0.2, -0.15) is 13.2 Å². The number of hydrogen-bond donors (Lipinski definition) is 1. The summed E-state index contributed by atoms with van der Waals surface area (Å²) in [7, 11) is 1.34. The van der Waals surface area contributed by atoms with E-state index in [-0.39, 0.29) is 35.8 Å². The highest BCUT2D eigenvalue weighted by Gasteiger charge is 2.26. The van der Waals surface area contributed by atoms with E-state index in [1.807, 2.05) is 0 Å². The zero-order valence-corrected chi connectivity index (χ0v) is 15.9. The molecule has 0 bridgehead atoms. The molecule has 2 rings (SSSR count). The molecule has 0 amide bonds. The zero-order valence-electron chi connectivity index (χ0n) is 15.9. The zero-order chi connectivity index (χ0) is 22.1. The minimum atomic E-state index is -4.24. The van der Waals surface area contributed by atoms with Gasteiger partial charge in [0.05, 0.1) is 19.3 Å². The van der Waals surface area contributed by atoms with Gasteiger partial charge in [0.25, 0.3) is 0 Å². The van der Waals surface area contributed by atoms with E-state index in [4.69, 9.17) is 19.3 Å². The fraction of sp³-hybridized carbons (Fsp3) is 0.238. The predicted octanol–water partition coefficient (Wildman–Crippen LogP) is 4.73. The summed E-state index contributed by atoms with van der Waals surface area (Å²) in [5, 5.41) is 8.61. The number of methoxy groups -OCH3 is 1. The molecule has 0 fully saturated rings. The van der Waals surface area contributed by atoms with Crippen molar-refractivity contribution < 1.29 is 42.1 Å². The number of carbonyl (C=O) groups is 2. The number of carboxylic acid groups (broad SMARTS) is 1. The van der Waals surface area contributed by atoms with E-state index in [1.165, 1.54) is 43.5 Å². The monoisotopic (exact) mass is 424 g/mol. The quantitative estimate of drug-likeness (QED) is 0.271. The minimum Gasteiger partial charge on any atom is -0.493 e. The Morgan fingerprint density at radius 3 is 2.37 bits per heavy atom. The van der Waals surface area contributed by atoms with Gasteiger partial charge in [-0.05, 0) is 48.4 Å². The first kappa shape index (κ1) is 22.8. The summed E-state index contributed by atoms with van der Waals surface area (Å²) in [6.07, 6.45) is -3.02. The summed E-state index contributed by atoms with van der Waals surface area (Å²) in [5.74, 6) is -1.10. The molecular formula is C21H19F3O6. The van der Waals surface area contributed by atoms with Crippen LogP contribution in [0, 0.1) is 0 Å². The Bertz CT molecular complexity index is 904. The van der Waals surface area contributed by atoms with Crippen LogP contribution in [0.3, 0.4) is 0 Å². The van der Waals surface area contributed by atoms with Crippen molar-refractivity contribution in [2.24, 2.45) is 0 Å². The van der Waals surface area contributed by atoms with E-state index in [1.54, 1.807) is 12.1 Å². The van der Waals surface area contributed by atoms with Gasteiger partial charge in [-0.15, -0.1) is 0 Å². The third-order valence-corrected chi connectivity index (χ3v) is 3.77. The smallest absolute Gasteiger partial charge is 0.389 e. The number of carboxylic acids is 1. The molecule has 30 heavy (non-hydrogen) atoms. The lowest BCUT2D eigenvalue weighted by molar-refractivity contribution is -0.136. The number of carbonyl (C=O) groups excluding carboxylic acids is 1. The largest absolute Gasteiger partial charge is 0.493 e. The Labute approximate surface area is 170 Å². The number of aliphatic carboxylic acids is 1. The number of benzene rings is 2. The van der Waals surface area contributed by atoms with Crippen LogP contribution in [0.5, 0.6) is 17.2 Å².